The maximum atomic E-state index is 12.5. The molecule has 4 heteroatoms. The number of carbonyl (C=O) groups is 2. The summed E-state index contributed by atoms with van der Waals surface area (Å²) in [6.07, 6.45) is 19.5. The highest BCUT2D eigenvalue weighted by Crippen LogP contribution is 2.41. The van der Waals surface area contributed by atoms with Gasteiger partial charge >= 0.3 is 0 Å². The lowest BCUT2D eigenvalue weighted by Gasteiger charge is -2.27. The number of rotatable bonds is 13. The second kappa shape index (κ2) is 13.1. The third-order valence-corrected chi connectivity index (χ3v) is 6.37. The van der Waals surface area contributed by atoms with Crippen LogP contribution in [0, 0.1) is 5.41 Å². The van der Waals surface area contributed by atoms with Crippen molar-refractivity contribution in [2.24, 2.45) is 5.41 Å². The average Bonchev–Trinajstić information content (AvgIpc) is 3.08. The Bertz CT molecular complexity index is 496. The number of hydrogen-bond donors (Lipinski definition) is 0. The summed E-state index contributed by atoms with van der Waals surface area (Å²) in [6.45, 7) is 5.07. The number of morpholine rings is 1. The molecule has 0 aromatic carbocycles. The molecule has 1 unspecified atom stereocenters. The van der Waals surface area contributed by atoms with Gasteiger partial charge < -0.3 is 9.64 Å². The molecule has 1 aliphatic heterocycles. The zero-order valence-electron chi connectivity index (χ0n) is 18.1. The smallest absolute Gasteiger partial charge is 0.222 e. The first-order chi connectivity index (χ1) is 13.7. The van der Waals surface area contributed by atoms with E-state index in [4.69, 9.17) is 4.74 Å². The fraction of sp³-hybridized carbons (Fsp3) is 0.833. The topological polar surface area (TPSA) is 46.6 Å². The summed E-state index contributed by atoms with van der Waals surface area (Å²) in [5, 5.41) is 0. The van der Waals surface area contributed by atoms with Gasteiger partial charge in [-0.05, 0) is 38.5 Å². The van der Waals surface area contributed by atoms with E-state index in [2.05, 4.69) is 19.1 Å². The molecule has 0 aromatic heterocycles. The van der Waals surface area contributed by atoms with Crippen LogP contribution in [-0.4, -0.2) is 42.9 Å². The van der Waals surface area contributed by atoms with Crippen LogP contribution in [0.1, 0.15) is 96.8 Å². The van der Waals surface area contributed by atoms with Crippen molar-refractivity contribution in [1.82, 2.24) is 4.90 Å². The van der Waals surface area contributed by atoms with E-state index in [0.29, 0.717) is 25.4 Å². The van der Waals surface area contributed by atoms with Gasteiger partial charge in [0.25, 0.3) is 0 Å². The van der Waals surface area contributed by atoms with Crippen molar-refractivity contribution >= 4 is 11.7 Å². The minimum atomic E-state index is -0.172. The van der Waals surface area contributed by atoms with E-state index in [9.17, 15) is 9.59 Å². The molecule has 160 valence electrons. The number of nitrogens with zero attached hydrogens (tertiary/aromatic N) is 1. The molecule has 1 amide bonds. The van der Waals surface area contributed by atoms with Gasteiger partial charge in [-0.25, -0.2) is 0 Å². The molecular weight excluding hydrogens is 350 g/mol. The number of ether oxygens (including phenoxy) is 1. The highest BCUT2D eigenvalue weighted by molar-refractivity contribution is 5.88. The van der Waals surface area contributed by atoms with Gasteiger partial charge in [0.1, 0.15) is 5.78 Å². The van der Waals surface area contributed by atoms with Crippen molar-refractivity contribution in [1.29, 1.82) is 0 Å². The van der Waals surface area contributed by atoms with Crippen molar-refractivity contribution < 1.29 is 14.3 Å². The maximum Gasteiger partial charge on any atom is 0.222 e. The van der Waals surface area contributed by atoms with Gasteiger partial charge in [0.05, 0.1) is 13.2 Å². The van der Waals surface area contributed by atoms with Crippen LogP contribution in [0.2, 0.25) is 0 Å². The van der Waals surface area contributed by atoms with Gasteiger partial charge in [0.15, 0.2) is 0 Å². The largest absolute Gasteiger partial charge is 0.378 e. The molecule has 28 heavy (non-hydrogen) atoms. The highest BCUT2D eigenvalue weighted by Gasteiger charge is 2.38. The third kappa shape index (κ3) is 7.69. The summed E-state index contributed by atoms with van der Waals surface area (Å²) in [5.41, 5.74) is -0.172. The fourth-order valence-electron chi connectivity index (χ4n) is 4.52. The van der Waals surface area contributed by atoms with Crippen molar-refractivity contribution in [2.45, 2.75) is 96.8 Å². The van der Waals surface area contributed by atoms with Crippen molar-refractivity contribution in [2.75, 3.05) is 26.3 Å². The second-order valence-electron chi connectivity index (χ2n) is 8.59. The Morgan fingerprint density at radius 1 is 1.07 bits per heavy atom. The molecule has 0 aromatic rings. The second-order valence-corrected chi connectivity index (χ2v) is 8.59. The summed E-state index contributed by atoms with van der Waals surface area (Å²) in [7, 11) is 0. The Balaban J connectivity index is 1.63. The van der Waals surface area contributed by atoms with Crippen LogP contribution in [-0.2, 0) is 14.3 Å². The molecule has 2 rings (SSSR count). The molecule has 2 aliphatic rings. The Morgan fingerprint density at radius 3 is 2.54 bits per heavy atom. The average molecular weight is 392 g/mol. The van der Waals surface area contributed by atoms with E-state index in [1.165, 1.54) is 25.7 Å². The lowest BCUT2D eigenvalue weighted by molar-refractivity contribution is -0.135. The van der Waals surface area contributed by atoms with Gasteiger partial charge in [-0.2, -0.15) is 0 Å². The standard InChI is InChI=1S/C24H41NO3/c1-2-3-4-5-7-10-15-24(17-12-13-22(24)26)16-11-8-6-9-14-23(27)25-18-20-28-21-19-25/h10,15H,2-9,11-14,16-21H2,1H3. The molecule has 0 bridgehead atoms. The number of hydrogen-bond acceptors (Lipinski definition) is 3. The summed E-state index contributed by atoms with van der Waals surface area (Å²) < 4.78 is 5.30. The van der Waals surface area contributed by atoms with Crippen molar-refractivity contribution in [3.05, 3.63) is 12.2 Å². The van der Waals surface area contributed by atoms with E-state index in [1.807, 2.05) is 4.90 Å². The molecule has 0 radical (unpaired) electrons. The van der Waals surface area contributed by atoms with Gasteiger partial charge in [0.2, 0.25) is 5.91 Å². The first-order valence-corrected chi connectivity index (χ1v) is 11.7. The van der Waals surface area contributed by atoms with E-state index in [0.717, 1.165) is 70.9 Å². The van der Waals surface area contributed by atoms with Crippen LogP contribution in [0.25, 0.3) is 0 Å². The van der Waals surface area contributed by atoms with Gasteiger partial charge in [-0.15, -0.1) is 0 Å². The van der Waals surface area contributed by atoms with Crippen LogP contribution < -0.4 is 0 Å². The molecule has 1 atom stereocenters. The predicted molar refractivity (Wildman–Crippen MR) is 114 cm³/mol. The lowest BCUT2D eigenvalue weighted by atomic mass is 9.79. The Morgan fingerprint density at radius 2 is 1.82 bits per heavy atom. The number of unbranched alkanes of at least 4 members (excludes halogenated alkanes) is 7. The first kappa shape index (κ1) is 23.1. The molecular formula is C24H41NO3. The Kier molecular flexibility index (Phi) is 10.8. The van der Waals surface area contributed by atoms with Crippen LogP contribution in [0.3, 0.4) is 0 Å². The van der Waals surface area contributed by atoms with Gasteiger partial charge in [0, 0.05) is 31.3 Å². The fourth-order valence-corrected chi connectivity index (χ4v) is 4.52. The number of carbonyl (C=O) groups excluding carboxylic acids is 2. The predicted octanol–water partition coefficient (Wildman–Crippen LogP) is 5.45. The molecule has 1 aliphatic carbocycles. The summed E-state index contributed by atoms with van der Waals surface area (Å²) in [5.74, 6) is 0.733. The number of allylic oxidation sites excluding steroid dienone is 2. The molecule has 1 saturated heterocycles. The van der Waals surface area contributed by atoms with Crippen LogP contribution >= 0.6 is 0 Å². The number of Topliss-reactive ketones (excluding diaryl/α,β-unsaturated/α-hetero) is 1. The van der Waals surface area contributed by atoms with Crippen LogP contribution in [0.5, 0.6) is 0 Å². The van der Waals surface area contributed by atoms with Crippen molar-refractivity contribution in [3.63, 3.8) is 0 Å². The SMILES string of the molecule is CCCCCCC=CC1(CCCCCCC(=O)N2CCOCC2)CCCC1=O. The third-order valence-electron chi connectivity index (χ3n) is 6.37. The van der Waals surface area contributed by atoms with E-state index < -0.39 is 0 Å². The molecule has 2 fully saturated rings. The zero-order valence-corrected chi connectivity index (χ0v) is 18.1. The van der Waals surface area contributed by atoms with Crippen LogP contribution in [0.15, 0.2) is 12.2 Å². The maximum absolute atomic E-state index is 12.5. The number of ketones is 1. The lowest BCUT2D eigenvalue weighted by Crippen LogP contribution is -2.40. The quantitative estimate of drug-likeness (QED) is 0.310. The summed E-state index contributed by atoms with van der Waals surface area (Å²) >= 11 is 0. The van der Waals surface area contributed by atoms with Crippen LogP contribution in [0.4, 0.5) is 0 Å². The van der Waals surface area contributed by atoms with Gasteiger partial charge in [-0.3, -0.25) is 9.59 Å². The normalized spacial score (nSPS) is 23.0. The highest BCUT2D eigenvalue weighted by atomic mass is 16.5. The summed E-state index contributed by atoms with van der Waals surface area (Å²) in [4.78, 5) is 26.6. The minimum Gasteiger partial charge on any atom is -0.378 e. The van der Waals surface area contributed by atoms with E-state index in [1.54, 1.807) is 0 Å². The Hall–Kier alpha value is -1.16. The minimum absolute atomic E-state index is 0.172. The Labute approximate surface area is 172 Å². The molecule has 4 nitrogen and oxygen atoms in total. The molecule has 1 saturated carbocycles. The molecule has 0 spiro atoms. The zero-order chi connectivity index (χ0) is 20.1. The monoisotopic (exact) mass is 391 g/mol. The number of amides is 1. The van der Waals surface area contributed by atoms with Gasteiger partial charge in [-0.1, -0.05) is 57.6 Å². The van der Waals surface area contributed by atoms with E-state index >= 15 is 0 Å². The van der Waals surface area contributed by atoms with E-state index in [-0.39, 0.29) is 11.3 Å². The molecule has 1 heterocycles. The first-order valence-electron chi connectivity index (χ1n) is 11.7. The van der Waals surface area contributed by atoms with Crippen molar-refractivity contribution in [3.8, 4) is 0 Å². The summed E-state index contributed by atoms with van der Waals surface area (Å²) in [6, 6.07) is 0. The molecule has 0 N–H and O–H groups in total.